The van der Waals surface area contributed by atoms with Gasteiger partial charge in [-0.1, -0.05) is 32.4 Å². The van der Waals surface area contributed by atoms with Gasteiger partial charge in [0, 0.05) is 0 Å². The molecule has 1 atom stereocenters. The van der Waals surface area contributed by atoms with Crippen LogP contribution in [0.2, 0.25) is 0 Å². The van der Waals surface area contributed by atoms with Gasteiger partial charge in [0.2, 0.25) is 0 Å². The standard InChI is InChI=1S/C9H18NO5P/c1-9(2,3)6(5-16(13,14)15)4-7(10)8(11)12/h4,7H,5,10H2,1-3H3,(H,11,12)(H2,13,14,15)/b6-4+. The van der Waals surface area contributed by atoms with Crippen molar-refractivity contribution in [1.29, 1.82) is 0 Å². The smallest absolute Gasteiger partial charge is 0.329 e. The lowest BCUT2D eigenvalue weighted by molar-refractivity contribution is -0.137. The number of hydrogen-bond donors (Lipinski definition) is 4. The maximum Gasteiger partial charge on any atom is 0.329 e. The maximum absolute atomic E-state index is 10.9. The highest BCUT2D eigenvalue weighted by molar-refractivity contribution is 7.52. The van der Waals surface area contributed by atoms with Crippen LogP contribution in [-0.2, 0) is 9.36 Å². The van der Waals surface area contributed by atoms with Crippen molar-refractivity contribution in [3.05, 3.63) is 11.6 Å². The minimum atomic E-state index is -4.22. The van der Waals surface area contributed by atoms with Gasteiger partial charge in [-0.15, -0.1) is 0 Å². The molecule has 0 saturated heterocycles. The van der Waals surface area contributed by atoms with Crippen molar-refractivity contribution in [1.82, 2.24) is 0 Å². The monoisotopic (exact) mass is 251 g/mol. The van der Waals surface area contributed by atoms with Crippen LogP contribution in [0.25, 0.3) is 0 Å². The summed E-state index contributed by atoms with van der Waals surface area (Å²) in [5, 5.41) is 8.63. The van der Waals surface area contributed by atoms with E-state index in [2.05, 4.69) is 0 Å². The molecule has 0 rings (SSSR count). The van der Waals surface area contributed by atoms with E-state index in [1.54, 1.807) is 20.8 Å². The Morgan fingerprint density at radius 3 is 2.12 bits per heavy atom. The summed E-state index contributed by atoms with van der Waals surface area (Å²) in [5.74, 6) is -1.23. The van der Waals surface area contributed by atoms with E-state index < -0.39 is 31.2 Å². The quantitative estimate of drug-likeness (QED) is 0.427. The van der Waals surface area contributed by atoms with E-state index in [0.717, 1.165) is 0 Å². The molecule has 0 heterocycles. The summed E-state index contributed by atoms with van der Waals surface area (Å²) < 4.78 is 10.9. The molecule has 0 aliphatic rings. The predicted octanol–water partition coefficient (Wildman–Crippen LogP) is 0.548. The van der Waals surface area contributed by atoms with Gasteiger partial charge in [0.05, 0.1) is 6.16 Å². The normalized spacial score (nSPS) is 16.0. The van der Waals surface area contributed by atoms with Crippen molar-refractivity contribution in [2.24, 2.45) is 11.1 Å². The molecule has 7 heteroatoms. The zero-order chi connectivity index (χ0) is 13.1. The molecule has 94 valence electrons. The van der Waals surface area contributed by atoms with Gasteiger partial charge in [-0.05, 0) is 5.41 Å². The van der Waals surface area contributed by atoms with Crippen LogP contribution in [0.4, 0.5) is 0 Å². The summed E-state index contributed by atoms with van der Waals surface area (Å²) >= 11 is 0. The number of aliphatic carboxylic acids is 1. The highest BCUT2D eigenvalue weighted by Crippen LogP contribution is 2.41. The fourth-order valence-electron chi connectivity index (χ4n) is 1.05. The van der Waals surface area contributed by atoms with Gasteiger partial charge in [-0.3, -0.25) is 9.36 Å². The zero-order valence-corrected chi connectivity index (χ0v) is 10.4. The number of allylic oxidation sites excluding steroid dienone is 1. The molecule has 0 aliphatic heterocycles. The highest BCUT2D eigenvalue weighted by atomic mass is 31.2. The summed E-state index contributed by atoms with van der Waals surface area (Å²) in [6.07, 6.45) is 0.721. The lowest BCUT2D eigenvalue weighted by Gasteiger charge is -2.24. The number of carboxylic acid groups (broad SMARTS) is 1. The van der Waals surface area contributed by atoms with Crippen molar-refractivity contribution in [3.8, 4) is 0 Å². The molecule has 0 bridgehead atoms. The molecular weight excluding hydrogens is 233 g/mol. The van der Waals surface area contributed by atoms with Gasteiger partial charge in [-0.2, -0.15) is 0 Å². The first-order valence-corrected chi connectivity index (χ1v) is 6.47. The molecule has 0 aromatic rings. The maximum atomic E-state index is 10.9. The summed E-state index contributed by atoms with van der Waals surface area (Å²) in [6.45, 7) is 5.22. The van der Waals surface area contributed by atoms with Gasteiger partial charge < -0.3 is 20.6 Å². The van der Waals surface area contributed by atoms with Crippen molar-refractivity contribution in [2.45, 2.75) is 26.8 Å². The average Bonchev–Trinajstić information content (AvgIpc) is 1.98. The second-order valence-corrected chi connectivity index (χ2v) is 6.27. The van der Waals surface area contributed by atoms with Crippen LogP contribution < -0.4 is 5.73 Å². The Morgan fingerprint density at radius 1 is 1.44 bits per heavy atom. The second kappa shape index (κ2) is 5.10. The van der Waals surface area contributed by atoms with Crippen LogP contribution in [0, 0.1) is 5.41 Å². The van der Waals surface area contributed by atoms with Gasteiger partial charge in [0.15, 0.2) is 0 Å². The molecule has 0 fully saturated rings. The lowest BCUT2D eigenvalue weighted by Crippen LogP contribution is -2.30. The first-order chi connectivity index (χ1) is 6.93. The number of rotatable bonds is 4. The van der Waals surface area contributed by atoms with E-state index >= 15 is 0 Å². The van der Waals surface area contributed by atoms with E-state index in [1.807, 2.05) is 0 Å². The van der Waals surface area contributed by atoms with Crippen LogP contribution >= 0.6 is 7.60 Å². The van der Waals surface area contributed by atoms with Gasteiger partial charge in [-0.25, -0.2) is 0 Å². The fraction of sp³-hybridized carbons (Fsp3) is 0.667. The summed E-state index contributed by atoms with van der Waals surface area (Å²) in [4.78, 5) is 28.3. The summed E-state index contributed by atoms with van der Waals surface area (Å²) in [5.41, 5.74) is 5.11. The number of carboxylic acids is 1. The van der Waals surface area contributed by atoms with Crippen molar-refractivity contribution in [3.63, 3.8) is 0 Å². The summed E-state index contributed by atoms with van der Waals surface area (Å²) in [6, 6.07) is -1.25. The van der Waals surface area contributed by atoms with Crippen molar-refractivity contribution >= 4 is 13.6 Å². The Kier molecular flexibility index (Phi) is 4.88. The molecule has 6 nitrogen and oxygen atoms in total. The Balaban J connectivity index is 5.12. The molecule has 0 radical (unpaired) electrons. The molecule has 0 aromatic carbocycles. The Morgan fingerprint density at radius 2 is 1.88 bits per heavy atom. The third-order valence-corrected chi connectivity index (χ3v) is 2.76. The van der Waals surface area contributed by atoms with Crippen LogP contribution in [0.15, 0.2) is 11.6 Å². The molecule has 0 saturated carbocycles. The first-order valence-electron chi connectivity index (χ1n) is 4.67. The predicted molar refractivity (Wildman–Crippen MR) is 60.1 cm³/mol. The average molecular weight is 251 g/mol. The molecule has 0 amide bonds. The second-order valence-electron chi connectivity index (χ2n) is 4.63. The Bertz CT molecular complexity index is 338. The SMILES string of the molecule is CC(C)(C)/C(=C/C(N)C(=O)O)CP(=O)(O)O. The minimum absolute atomic E-state index is 0.343. The first kappa shape index (κ1) is 15.3. The molecule has 0 aromatic heterocycles. The summed E-state index contributed by atoms with van der Waals surface area (Å²) in [7, 11) is -4.22. The molecule has 1 unspecified atom stereocenters. The third kappa shape index (κ3) is 6.02. The largest absolute Gasteiger partial charge is 0.480 e. The minimum Gasteiger partial charge on any atom is -0.480 e. The van der Waals surface area contributed by atoms with Crippen LogP contribution in [0.5, 0.6) is 0 Å². The van der Waals surface area contributed by atoms with Crippen LogP contribution in [0.3, 0.4) is 0 Å². The van der Waals surface area contributed by atoms with Gasteiger partial charge in [0.1, 0.15) is 6.04 Å². The van der Waals surface area contributed by atoms with E-state index in [0.29, 0.717) is 5.57 Å². The van der Waals surface area contributed by atoms with Crippen molar-refractivity contribution in [2.75, 3.05) is 6.16 Å². The number of nitrogens with two attached hydrogens (primary N) is 1. The topological polar surface area (TPSA) is 121 Å². The third-order valence-electron chi connectivity index (χ3n) is 2.01. The molecule has 0 aliphatic carbocycles. The zero-order valence-electron chi connectivity index (χ0n) is 9.54. The van der Waals surface area contributed by atoms with E-state index in [1.165, 1.54) is 6.08 Å². The van der Waals surface area contributed by atoms with E-state index in [-0.39, 0.29) is 0 Å². The van der Waals surface area contributed by atoms with Crippen LogP contribution in [-0.4, -0.2) is 33.1 Å². The molecule has 16 heavy (non-hydrogen) atoms. The lowest BCUT2D eigenvalue weighted by atomic mass is 9.86. The number of hydrogen-bond acceptors (Lipinski definition) is 3. The Labute approximate surface area is 94.3 Å². The van der Waals surface area contributed by atoms with Gasteiger partial charge >= 0.3 is 13.6 Å². The molecule has 0 spiro atoms. The fourth-order valence-corrected chi connectivity index (χ4v) is 2.07. The molecular formula is C9H18NO5P. The van der Waals surface area contributed by atoms with E-state index in [9.17, 15) is 9.36 Å². The molecule has 5 N–H and O–H groups in total. The van der Waals surface area contributed by atoms with Gasteiger partial charge in [0.25, 0.3) is 0 Å². The highest BCUT2D eigenvalue weighted by Gasteiger charge is 2.26. The van der Waals surface area contributed by atoms with Crippen LogP contribution in [0.1, 0.15) is 20.8 Å². The van der Waals surface area contributed by atoms with E-state index in [4.69, 9.17) is 20.6 Å². The van der Waals surface area contributed by atoms with Crippen molar-refractivity contribution < 1.29 is 24.3 Å². The Hall–Kier alpha value is -0.680. The number of carbonyl (C=O) groups is 1.